The van der Waals surface area contributed by atoms with E-state index in [2.05, 4.69) is 15.3 Å². The predicted molar refractivity (Wildman–Crippen MR) is 74.1 cm³/mol. The van der Waals surface area contributed by atoms with Crippen molar-refractivity contribution < 1.29 is 14.2 Å². The zero-order valence-electron chi connectivity index (χ0n) is 12.0. The Hall–Kier alpha value is -1.60. The highest BCUT2D eigenvalue weighted by Crippen LogP contribution is 2.31. The van der Waals surface area contributed by atoms with Crippen LogP contribution in [0.25, 0.3) is 0 Å². The molecule has 0 atom stereocenters. The molecule has 19 heavy (non-hydrogen) atoms. The van der Waals surface area contributed by atoms with Crippen molar-refractivity contribution in [1.29, 1.82) is 0 Å². The van der Waals surface area contributed by atoms with Gasteiger partial charge in [-0.05, 0) is 0 Å². The van der Waals surface area contributed by atoms with E-state index in [0.29, 0.717) is 37.9 Å². The number of anilines is 2. The third kappa shape index (κ3) is 4.22. The average Bonchev–Trinajstić information content (AvgIpc) is 2.46. The minimum Gasteiger partial charge on any atom is -0.490 e. The van der Waals surface area contributed by atoms with Crippen LogP contribution >= 0.6 is 0 Å². The van der Waals surface area contributed by atoms with Crippen molar-refractivity contribution in [2.24, 2.45) is 0 Å². The maximum Gasteiger partial charge on any atom is 0.204 e. The van der Waals surface area contributed by atoms with E-state index in [4.69, 9.17) is 14.2 Å². The molecule has 1 aromatic heterocycles. The average molecular weight is 270 g/mol. The van der Waals surface area contributed by atoms with Crippen molar-refractivity contribution in [3.05, 3.63) is 6.33 Å². The molecule has 0 fully saturated rings. The molecule has 1 aromatic rings. The van der Waals surface area contributed by atoms with Gasteiger partial charge in [-0.15, -0.1) is 0 Å². The van der Waals surface area contributed by atoms with Gasteiger partial charge in [0.25, 0.3) is 0 Å². The third-order valence-electron chi connectivity index (χ3n) is 2.66. The largest absolute Gasteiger partial charge is 0.490 e. The Bertz CT molecular complexity index is 368. The van der Waals surface area contributed by atoms with E-state index in [1.807, 2.05) is 4.90 Å². The second-order valence-electron chi connectivity index (χ2n) is 3.80. The number of rotatable bonds is 9. The summed E-state index contributed by atoms with van der Waals surface area (Å²) in [6.45, 7) is 2.62. The lowest BCUT2D eigenvalue weighted by molar-refractivity contribution is 0.189. The normalized spacial score (nSPS) is 10.3. The first-order chi connectivity index (χ1) is 9.28. The van der Waals surface area contributed by atoms with Crippen molar-refractivity contribution in [2.45, 2.75) is 0 Å². The smallest absolute Gasteiger partial charge is 0.204 e. The van der Waals surface area contributed by atoms with Crippen LogP contribution in [0.1, 0.15) is 0 Å². The van der Waals surface area contributed by atoms with Gasteiger partial charge in [-0.3, -0.25) is 0 Å². The second kappa shape index (κ2) is 8.49. The van der Waals surface area contributed by atoms with Gasteiger partial charge in [0.15, 0.2) is 11.6 Å². The van der Waals surface area contributed by atoms with Crippen LogP contribution in [-0.2, 0) is 9.47 Å². The summed E-state index contributed by atoms with van der Waals surface area (Å²) in [5.74, 6) is 2.01. The van der Waals surface area contributed by atoms with Crippen LogP contribution in [0.4, 0.5) is 11.6 Å². The Morgan fingerprint density at radius 1 is 1.11 bits per heavy atom. The van der Waals surface area contributed by atoms with Crippen molar-refractivity contribution in [2.75, 3.05) is 64.9 Å². The minimum absolute atomic E-state index is 0.603. The van der Waals surface area contributed by atoms with Crippen LogP contribution < -0.4 is 15.0 Å². The first-order valence-corrected chi connectivity index (χ1v) is 6.08. The molecule has 108 valence electrons. The maximum absolute atomic E-state index is 5.40. The molecular weight excluding hydrogens is 248 g/mol. The number of hydrogen-bond donors (Lipinski definition) is 1. The summed E-state index contributed by atoms with van der Waals surface area (Å²) in [4.78, 5) is 10.5. The van der Waals surface area contributed by atoms with Gasteiger partial charge in [0, 0.05) is 34.4 Å². The van der Waals surface area contributed by atoms with Crippen LogP contribution in [0.5, 0.6) is 5.75 Å². The molecule has 0 saturated heterocycles. The summed E-state index contributed by atoms with van der Waals surface area (Å²) >= 11 is 0. The van der Waals surface area contributed by atoms with E-state index < -0.39 is 0 Å². The monoisotopic (exact) mass is 270 g/mol. The molecule has 0 unspecified atom stereocenters. The molecule has 0 bridgehead atoms. The van der Waals surface area contributed by atoms with Crippen molar-refractivity contribution in [1.82, 2.24) is 9.97 Å². The molecule has 0 aliphatic carbocycles. The Morgan fingerprint density at radius 3 is 2.21 bits per heavy atom. The predicted octanol–water partition coefficient (Wildman–Crippen LogP) is 0.626. The molecule has 0 spiro atoms. The zero-order chi connectivity index (χ0) is 14.1. The summed E-state index contributed by atoms with van der Waals surface area (Å²) < 4.78 is 15.6. The summed E-state index contributed by atoms with van der Waals surface area (Å²) in [7, 11) is 6.74. The lowest BCUT2D eigenvalue weighted by Gasteiger charge is -2.25. The Morgan fingerprint density at radius 2 is 1.74 bits per heavy atom. The third-order valence-corrected chi connectivity index (χ3v) is 2.66. The van der Waals surface area contributed by atoms with Crippen LogP contribution in [0, 0.1) is 0 Å². The van der Waals surface area contributed by atoms with Gasteiger partial charge < -0.3 is 24.4 Å². The lowest BCUT2D eigenvalue weighted by atomic mass is 10.4. The van der Waals surface area contributed by atoms with Gasteiger partial charge in [-0.25, -0.2) is 9.97 Å². The molecule has 1 N–H and O–H groups in total. The second-order valence-corrected chi connectivity index (χ2v) is 3.80. The minimum atomic E-state index is 0.603. The molecule has 7 nitrogen and oxygen atoms in total. The number of aromatic nitrogens is 2. The standard InChI is InChI=1S/C12H22N4O3/c1-13-11-10(19-4)12(15-9-14-11)16(5-7-17-2)6-8-18-3/h9H,5-8H2,1-4H3,(H,13,14,15). The highest BCUT2D eigenvalue weighted by molar-refractivity contribution is 5.64. The number of methoxy groups -OCH3 is 3. The van der Waals surface area contributed by atoms with E-state index in [1.54, 1.807) is 28.4 Å². The van der Waals surface area contributed by atoms with Crippen LogP contribution in [0.3, 0.4) is 0 Å². The lowest BCUT2D eigenvalue weighted by Crippen LogP contribution is -2.32. The van der Waals surface area contributed by atoms with E-state index in [9.17, 15) is 0 Å². The van der Waals surface area contributed by atoms with E-state index in [0.717, 1.165) is 5.82 Å². The van der Waals surface area contributed by atoms with Gasteiger partial charge in [-0.2, -0.15) is 0 Å². The summed E-state index contributed by atoms with van der Waals surface area (Å²) in [5.41, 5.74) is 0. The Kier molecular flexibility index (Phi) is 6.91. The molecule has 0 aliphatic rings. The van der Waals surface area contributed by atoms with Gasteiger partial charge in [-0.1, -0.05) is 0 Å². The fourth-order valence-electron chi connectivity index (χ4n) is 1.68. The SMILES string of the molecule is CNc1ncnc(N(CCOC)CCOC)c1OC. The van der Waals surface area contributed by atoms with Crippen molar-refractivity contribution >= 4 is 11.6 Å². The van der Waals surface area contributed by atoms with E-state index >= 15 is 0 Å². The van der Waals surface area contributed by atoms with Crippen molar-refractivity contribution in [3.63, 3.8) is 0 Å². The van der Waals surface area contributed by atoms with E-state index in [-0.39, 0.29) is 0 Å². The maximum atomic E-state index is 5.40. The zero-order valence-corrected chi connectivity index (χ0v) is 12.0. The molecule has 0 aliphatic heterocycles. The van der Waals surface area contributed by atoms with Gasteiger partial charge in [0.1, 0.15) is 6.33 Å². The number of nitrogens with one attached hydrogen (secondary N) is 1. The topological polar surface area (TPSA) is 68.7 Å². The summed E-state index contributed by atoms with van der Waals surface area (Å²) in [6, 6.07) is 0. The molecule has 7 heteroatoms. The molecule has 0 aromatic carbocycles. The highest BCUT2D eigenvalue weighted by atomic mass is 16.5. The molecule has 0 amide bonds. The van der Waals surface area contributed by atoms with Gasteiger partial charge in [0.2, 0.25) is 5.75 Å². The first-order valence-electron chi connectivity index (χ1n) is 6.08. The Balaban J connectivity index is 2.98. The molecule has 1 rings (SSSR count). The molecule has 0 radical (unpaired) electrons. The van der Waals surface area contributed by atoms with Crippen LogP contribution in [-0.4, -0.2) is 64.6 Å². The van der Waals surface area contributed by atoms with Crippen molar-refractivity contribution in [3.8, 4) is 5.75 Å². The molecule has 0 saturated carbocycles. The van der Waals surface area contributed by atoms with Crippen LogP contribution in [0.2, 0.25) is 0 Å². The van der Waals surface area contributed by atoms with Crippen LogP contribution in [0.15, 0.2) is 6.33 Å². The summed E-state index contributed by atoms with van der Waals surface area (Å²) in [6.07, 6.45) is 1.51. The Labute approximate surface area is 113 Å². The fraction of sp³-hybridized carbons (Fsp3) is 0.667. The molecule has 1 heterocycles. The molecular formula is C12H22N4O3. The number of ether oxygens (including phenoxy) is 3. The number of hydrogen-bond acceptors (Lipinski definition) is 7. The first kappa shape index (κ1) is 15.5. The van der Waals surface area contributed by atoms with Gasteiger partial charge >= 0.3 is 0 Å². The van der Waals surface area contributed by atoms with Gasteiger partial charge in [0.05, 0.1) is 20.3 Å². The summed E-state index contributed by atoms with van der Waals surface area (Å²) in [5, 5.41) is 2.99. The number of nitrogens with zero attached hydrogens (tertiary/aromatic N) is 3. The van der Waals surface area contributed by atoms with E-state index in [1.165, 1.54) is 6.33 Å². The highest BCUT2D eigenvalue weighted by Gasteiger charge is 2.17. The fourth-order valence-corrected chi connectivity index (χ4v) is 1.68. The quantitative estimate of drug-likeness (QED) is 0.705.